The van der Waals surface area contributed by atoms with Crippen molar-refractivity contribution in [2.75, 3.05) is 14.2 Å². The summed E-state index contributed by atoms with van der Waals surface area (Å²) < 4.78 is 9.85. The Morgan fingerprint density at radius 2 is 1.80 bits per heavy atom. The van der Waals surface area contributed by atoms with Crippen LogP contribution in [0.25, 0.3) is 0 Å². The summed E-state index contributed by atoms with van der Waals surface area (Å²) in [6.07, 6.45) is 0. The van der Waals surface area contributed by atoms with E-state index in [1.165, 1.54) is 14.2 Å². The van der Waals surface area contributed by atoms with Crippen LogP contribution >= 0.6 is 0 Å². The lowest BCUT2D eigenvalue weighted by atomic mass is 10.2. The Labute approximate surface area is 60.4 Å². The van der Waals surface area contributed by atoms with Gasteiger partial charge in [-0.2, -0.15) is 0 Å². The molecule has 0 fully saturated rings. The molecule has 0 unspecified atom stereocenters. The zero-order valence-electron chi connectivity index (χ0n) is 6.71. The van der Waals surface area contributed by atoms with Crippen molar-refractivity contribution in [1.82, 2.24) is 0 Å². The molecule has 0 atom stereocenters. The molecule has 0 aromatic carbocycles. The monoisotopic (exact) mass is 147 g/mol. The average molecular weight is 147 g/mol. The zero-order valence-corrected chi connectivity index (χ0v) is 6.71. The molecule has 0 amide bonds. The molecule has 1 N–H and O–H groups in total. The van der Waals surface area contributed by atoms with Crippen LogP contribution in [0, 0.1) is 0 Å². The summed E-state index contributed by atoms with van der Waals surface area (Å²) in [5.74, 6) is -0.908. The number of nitrogens with zero attached hydrogens (tertiary/aromatic N) is 1. The van der Waals surface area contributed by atoms with E-state index in [0.717, 1.165) is 0 Å². The highest BCUT2D eigenvalue weighted by Gasteiger charge is 2.27. The van der Waals surface area contributed by atoms with Crippen LogP contribution in [0.4, 0.5) is 0 Å². The highest BCUT2D eigenvalue weighted by atomic mass is 16.7. The van der Waals surface area contributed by atoms with Crippen LogP contribution in [0.5, 0.6) is 0 Å². The van der Waals surface area contributed by atoms with E-state index in [0.29, 0.717) is 5.71 Å². The maximum absolute atomic E-state index is 8.36. The molecule has 0 aliphatic heterocycles. The number of ether oxygens (including phenoxy) is 2. The largest absolute Gasteiger partial charge is 0.411 e. The highest BCUT2D eigenvalue weighted by molar-refractivity contribution is 5.88. The molecule has 0 saturated carbocycles. The molecule has 60 valence electrons. The Morgan fingerprint density at radius 3 is 1.90 bits per heavy atom. The molecule has 0 aromatic rings. The van der Waals surface area contributed by atoms with Crippen LogP contribution in [-0.4, -0.2) is 30.9 Å². The van der Waals surface area contributed by atoms with Crippen molar-refractivity contribution < 1.29 is 14.7 Å². The molecular weight excluding hydrogens is 134 g/mol. The molecule has 4 nitrogen and oxygen atoms in total. The molecule has 0 rings (SSSR count). The Hall–Kier alpha value is -0.610. The predicted octanol–water partition coefficient (Wildman–Crippen LogP) is 0.845. The van der Waals surface area contributed by atoms with Gasteiger partial charge in [-0.15, -0.1) is 0 Å². The Morgan fingerprint density at radius 1 is 1.40 bits per heavy atom. The van der Waals surface area contributed by atoms with Crippen molar-refractivity contribution in [2.24, 2.45) is 5.16 Å². The fourth-order valence-corrected chi connectivity index (χ4v) is 0.470. The molecular formula is C6H13NO3. The minimum Gasteiger partial charge on any atom is -0.411 e. The van der Waals surface area contributed by atoms with Crippen LogP contribution < -0.4 is 0 Å². The van der Waals surface area contributed by atoms with Gasteiger partial charge in [0.25, 0.3) is 0 Å². The molecule has 0 bridgehead atoms. The van der Waals surface area contributed by atoms with Gasteiger partial charge in [-0.25, -0.2) is 0 Å². The second-order valence-corrected chi connectivity index (χ2v) is 2.04. The third-order valence-corrected chi connectivity index (χ3v) is 1.59. The van der Waals surface area contributed by atoms with Gasteiger partial charge in [-0.1, -0.05) is 5.16 Å². The van der Waals surface area contributed by atoms with Crippen molar-refractivity contribution in [3.8, 4) is 0 Å². The van der Waals surface area contributed by atoms with Crippen LogP contribution in [-0.2, 0) is 9.47 Å². The number of oxime groups is 1. The maximum atomic E-state index is 8.36. The second-order valence-electron chi connectivity index (χ2n) is 2.04. The Kier molecular flexibility index (Phi) is 3.32. The molecule has 0 aliphatic carbocycles. The first kappa shape index (κ1) is 9.39. The van der Waals surface area contributed by atoms with Gasteiger partial charge in [0, 0.05) is 14.2 Å². The van der Waals surface area contributed by atoms with Crippen molar-refractivity contribution in [2.45, 2.75) is 19.6 Å². The van der Waals surface area contributed by atoms with Gasteiger partial charge in [0.15, 0.2) is 0 Å². The minimum absolute atomic E-state index is 0.387. The van der Waals surface area contributed by atoms with E-state index in [1.54, 1.807) is 13.8 Å². The molecule has 0 aliphatic rings. The minimum atomic E-state index is -0.908. The number of hydrogen-bond donors (Lipinski definition) is 1. The van der Waals surface area contributed by atoms with Crippen molar-refractivity contribution in [1.29, 1.82) is 0 Å². The lowest BCUT2D eigenvalue weighted by molar-refractivity contribution is -0.141. The second kappa shape index (κ2) is 3.53. The molecule has 10 heavy (non-hydrogen) atoms. The molecule has 0 aromatic heterocycles. The fraction of sp³-hybridized carbons (Fsp3) is 0.833. The highest BCUT2D eigenvalue weighted by Crippen LogP contribution is 2.11. The molecule has 0 spiro atoms. The van der Waals surface area contributed by atoms with Gasteiger partial charge < -0.3 is 14.7 Å². The summed E-state index contributed by atoms with van der Waals surface area (Å²) in [7, 11) is 2.97. The van der Waals surface area contributed by atoms with Gasteiger partial charge in [-0.3, -0.25) is 0 Å². The van der Waals surface area contributed by atoms with Gasteiger partial charge in [0.1, 0.15) is 5.71 Å². The van der Waals surface area contributed by atoms with E-state index < -0.39 is 5.79 Å². The van der Waals surface area contributed by atoms with E-state index >= 15 is 0 Å². The summed E-state index contributed by atoms with van der Waals surface area (Å²) in [6.45, 7) is 3.29. The van der Waals surface area contributed by atoms with Crippen molar-refractivity contribution in [3.63, 3.8) is 0 Å². The summed E-state index contributed by atoms with van der Waals surface area (Å²) in [5.41, 5.74) is 0.387. The van der Waals surface area contributed by atoms with Gasteiger partial charge in [0.2, 0.25) is 5.79 Å². The van der Waals surface area contributed by atoms with Gasteiger partial charge in [-0.05, 0) is 13.8 Å². The quantitative estimate of drug-likeness (QED) is 0.278. The lowest BCUT2D eigenvalue weighted by Gasteiger charge is -2.24. The summed E-state index contributed by atoms with van der Waals surface area (Å²) >= 11 is 0. The molecule has 0 radical (unpaired) electrons. The smallest absolute Gasteiger partial charge is 0.207 e. The first-order valence-corrected chi connectivity index (χ1v) is 2.90. The average Bonchev–Trinajstić information content (AvgIpc) is 2.01. The van der Waals surface area contributed by atoms with E-state index in [-0.39, 0.29) is 0 Å². The molecule has 4 heteroatoms. The topological polar surface area (TPSA) is 51.0 Å². The first-order chi connectivity index (χ1) is 4.60. The summed E-state index contributed by atoms with van der Waals surface area (Å²) in [5, 5.41) is 11.3. The summed E-state index contributed by atoms with van der Waals surface area (Å²) in [6, 6.07) is 0. The predicted molar refractivity (Wildman–Crippen MR) is 37.3 cm³/mol. The lowest BCUT2D eigenvalue weighted by Crippen LogP contribution is -2.37. The standard InChI is InChI=1S/C6H13NO3/c1-5(7-8)6(2,9-3)10-4/h8H,1-4H3/b7-5-. The Bertz CT molecular complexity index is 129. The molecule has 0 heterocycles. The van der Waals surface area contributed by atoms with Crippen LogP contribution in [0.1, 0.15) is 13.8 Å². The molecule has 0 saturated heterocycles. The number of methoxy groups -OCH3 is 2. The van der Waals surface area contributed by atoms with Crippen molar-refractivity contribution in [3.05, 3.63) is 0 Å². The first-order valence-electron chi connectivity index (χ1n) is 2.90. The van der Waals surface area contributed by atoms with Gasteiger partial charge in [0.05, 0.1) is 0 Å². The van der Waals surface area contributed by atoms with Crippen molar-refractivity contribution >= 4 is 5.71 Å². The SMILES string of the molecule is COC(C)(OC)/C(C)=N\O. The zero-order chi connectivity index (χ0) is 8.20. The van der Waals surface area contributed by atoms with E-state index in [9.17, 15) is 0 Å². The number of hydrogen-bond acceptors (Lipinski definition) is 4. The van der Waals surface area contributed by atoms with Crippen LogP contribution in [0.2, 0.25) is 0 Å². The fourth-order valence-electron chi connectivity index (χ4n) is 0.470. The van der Waals surface area contributed by atoms with E-state index in [1.807, 2.05) is 0 Å². The van der Waals surface area contributed by atoms with E-state index in [2.05, 4.69) is 5.16 Å². The van der Waals surface area contributed by atoms with Gasteiger partial charge >= 0.3 is 0 Å². The van der Waals surface area contributed by atoms with Crippen LogP contribution in [0.15, 0.2) is 5.16 Å². The third kappa shape index (κ3) is 1.68. The normalized spacial score (nSPS) is 13.8. The maximum Gasteiger partial charge on any atom is 0.207 e. The summed E-state index contributed by atoms with van der Waals surface area (Å²) in [4.78, 5) is 0. The Balaban J connectivity index is 4.32. The van der Waals surface area contributed by atoms with Crippen LogP contribution in [0.3, 0.4) is 0 Å². The third-order valence-electron chi connectivity index (χ3n) is 1.59. The number of rotatable bonds is 3. The van der Waals surface area contributed by atoms with E-state index in [4.69, 9.17) is 14.7 Å².